The molecule has 1 atom stereocenters. The number of ether oxygens (including phenoxy) is 1. The Kier molecular flexibility index (Phi) is 5.43. The van der Waals surface area contributed by atoms with Gasteiger partial charge < -0.3 is 14.5 Å². The number of hydrogen-bond donors (Lipinski definition) is 0. The number of fused-ring (bicyclic) bond motifs is 1. The van der Waals surface area contributed by atoms with Gasteiger partial charge in [-0.15, -0.1) is 0 Å². The molecule has 0 spiro atoms. The van der Waals surface area contributed by atoms with Crippen LogP contribution in [0.1, 0.15) is 60.9 Å². The van der Waals surface area contributed by atoms with Crippen molar-refractivity contribution < 1.29 is 28.7 Å². The standard InChI is InChI=1S/C21H25N5O6/c1-21(2,3)32-20(31)25-8-6-24(7-9-25)19-22-11-13-16(23-19)18(30)26(17(13)29)14-5-4-12(27)10-15(14)28/h11,14H,4-10H2,1-3H3. The van der Waals surface area contributed by atoms with Crippen LogP contribution in [0, 0.1) is 0 Å². The van der Waals surface area contributed by atoms with E-state index in [1.807, 2.05) is 4.90 Å². The van der Waals surface area contributed by atoms with E-state index in [-0.39, 0.29) is 48.3 Å². The third-order valence-electron chi connectivity index (χ3n) is 5.61. The molecule has 3 aliphatic rings. The van der Waals surface area contributed by atoms with Crippen LogP contribution in [-0.2, 0) is 14.3 Å². The third kappa shape index (κ3) is 4.06. The van der Waals surface area contributed by atoms with Gasteiger partial charge in [0.1, 0.15) is 17.1 Å². The summed E-state index contributed by atoms with van der Waals surface area (Å²) in [7, 11) is 0. The minimum Gasteiger partial charge on any atom is -0.444 e. The number of piperazine rings is 1. The van der Waals surface area contributed by atoms with Gasteiger partial charge in [0, 0.05) is 38.8 Å². The van der Waals surface area contributed by atoms with E-state index in [2.05, 4.69) is 9.97 Å². The Balaban J connectivity index is 1.46. The summed E-state index contributed by atoms with van der Waals surface area (Å²) in [5, 5.41) is 0. The van der Waals surface area contributed by atoms with Crippen molar-refractivity contribution in [3.63, 3.8) is 0 Å². The molecular formula is C21H25N5O6. The van der Waals surface area contributed by atoms with Crippen molar-refractivity contribution in [1.29, 1.82) is 0 Å². The van der Waals surface area contributed by atoms with Crippen molar-refractivity contribution in [3.8, 4) is 0 Å². The van der Waals surface area contributed by atoms with Gasteiger partial charge in [0.2, 0.25) is 5.95 Å². The van der Waals surface area contributed by atoms with E-state index in [0.29, 0.717) is 26.2 Å². The SMILES string of the molecule is CC(C)(C)OC(=O)N1CCN(c2ncc3c(n2)C(=O)N(C2CCC(=O)CC2=O)C3=O)CC1. The molecule has 2 fully saturated rings. The zero-order chi connectivity index (χ0) is 23.2. The van der Waals surface area contributed by atoms with E-state index in [4.69, 9.17) is 4.74 Å². The number of amides is 3. The first kappa shape index (κ1) is 21.8. The van der Waals surface area contributed by atoms with Gasteiger partial charge in [0.15, 0.2) is 5.78 Å². The van der Waals surface area contributed by atoms with E-state index < -0.39 is 29.2 Å². The van der Waals surface area contributed by atoms with E-state index in [0.717, 1.165) is 4.90 Å². The summed E-state index contributed by atoms with van der Waals surface area (Å²) in [5.74, 6) is -1.59. The molecule has 1 saturated carbocycles. The molecule has 32 heavy (non-hydrogen) atoms. The molecule has 0 N–H and O–H groups in total. The van der Waals surface area contributed by atoms with Crippen LogP contribution in [0.5, 0.6) is 0 Å². The molecule has 0 aromatic carbocycles. The number of hydrogen-bond acceptors (Lipinski definition) is 9. The number of Topliss-reactive ketones (excluding diaryl/α,β-unsaturated/α-hetero) is 2. The minimum atomic E-state index is -0.942. The number of anilines is 1. The predicted octanol–water partition coefficient (Wildman–Crippen LogP) is 0.820. The van der Waals surface area contributed by atoms with Crippen LogP contribution in [0.2, 0.25) is 0 Å². The zero-order valence-electron chi connectivity index (χ0n) is 18.3. The molecule has 0 radical (unpaired) electrons. The lowest BCUT2D eigenvalue weighted by atomic mass is 9.92. The van der Waals surface area contributed by atoms with Gasteiger partial charge >= 0.3 is 6.09 Å². The molecule has 11 heteroatoms. The first-order chi connectivity index (χ1) is 15.0. The molecule has 1 aliphatic carbocycles. The molecule has 1 saturated heterocycles. The zero-order valence-corrected chi connectivity index (χ0v) is 18.3. The molecule has 3 heterocycles. The second-order valence-electron chi connectivity index (χ2n) is 9.10. The lowest BCUT2D eigenvalue weighted by Crippen LogP contribution is -2.50. The molecule has 0 bridgehead atoms. The van der Waals surface area contributed by atoms with E-state index in [1.165, 1.54) is 6.20 Å². The number of aromatic nitrogens is 2. The van der Waals surface area contributed by atoms with Crippen molar-refractivity contribution >= 4 is 35.4 Å². The maximum atomic E-state index is 12.9. The van der Waals surface area contributed by atoms with Crippen LogP contribution in [0.3, 0.4) is 0 Å². The molecule has 4 rings (SSSR count). The molecule has 1 unspecified atom stereocenters. The Bertz CT molecular complexity index is 1010. The third-order valence-corrected chi connectivity index (χ3v) is 5.61. The topological polar surface area (TPSA) is 130 Å². The van der Waals surface area contributed by atoms with Gasteiger partial charge in [-0.2, -0.15) is 0 Å². The number of carbonyl (C=O) groups excluding carboxylic acids is 5. The van der Waals surface area contributed by atoms with Gasteiger partial charge in [-0.05, 0) is 27.2 Å². The summed E-state index contributed by atoms with van der Waals surface area (Å²) < 4.78 is 5.39. The Morgan fingerprint density at radius 2 is 1.75 bits per heavy atom. The minimum absolute atomic E-state index is 0.0423. The summed E-state index contributed by atoms with van der Waals surface area (Å²) >= 11 is 0. The average molecular weight is 443 g/mol. The second kappa shape index (κ2) is 7.95. The largest absolute Gasteiger partial charge is 0.444 e. The number of nitrogens with zero attached hydrogens (tertiary/aromatic N) is 5. The fraction of sp³-hybridized carbons (Fsp3) is 0.571. The first-order valence-electron chi connectivity index (χ1n) is 10.6. The number of ketones is 2. The van der Waals surface area contributed by atoms with Crippen LogP contribution in [0.4, 0.5) is 10.7 Å². The highest BCUT2D eigenvalue weighted by molar-refractivity contribution is 6.22. The number of carbonyl (C=O) groups is 5. The van der Waals surface area contributed by atoms with Gasteiger partial charge in [-0.25, -0.2) is 14.8 Å². The summed E-state index contributed by atoms with van der Waals surface area (Å²) in [6.07, 6.45) is 0.936. The molecular weight excluding hydrogens is 418 g/mol. The van der Waals surface area contributed by atoms with Crippen LogP contribution >= 0.6 is 0 Å². The average Bonchev–Trinajstić information content (AvgIpc) is 2.97. The molecule has 11 nitrogen and oxygen atoms in total. The molecule has 1 aromatic rings. The van der Waals surface area contributed by atoms with Gasteiger partial charge in [-0.1, -0.05) is 0 Å². The summed E-state index contributed by atoms with van der Waals surface area (Å²) in [6, 6.07) is -0.942. The second-order valence-corrected chi connectivity index (χ2v) is 9.10. The molecule has 2 aliphatic heterocycles. The van der Waals surface area contributed by atoms with Crippen LogP contribution in [-0.4, -0.2) is 87.1 Å². The lowest BCUT2D eigenvalue weighted by molar-refractivity contribution is -0.132. The van der Waals surface area contributed by atoms with E-state index >= 15 is 0 Å². The first-order valence-corrected chi connectivity index (χ1v) is 10.6. The van der Waals surface area contributed by atoms with Gasteiger partial charge in [-0.3, -0.25) is 24.1 Å². The number of imide groups is 1. The smallest absolute Gasteiger partial charge is 0.410 e. The van der Waals surface area contributed by atoms with Crippen LogP contribution in [0.15, 0.2) is 6.20 Å². The highest BCUT2D eigenvalue weighted by Crippen LogP contribution is 2.29. The Morgan fingerprint density at radius 1 is 1.06 bits per heavy atom. The maximum absolute atomic E-state index is 12.9. The Labute approximate surface area is 184 Å². The van der Waals surface area contributed by atoms with Crippen LogP contribution < -0.4 is 4.90 Å². The van der Waals surface area contributed by atoms with E-state index in [9.17, 15) is 24.0 Å². The Hall–Kier alpha value is -3.37. The fourth-order valence-corrected chi connectivity index (χ4v) is 4.01. The molecule has 1 aromatic heterocycles. The Morgan fingerprint density at radius 3 is 2.38 bits per heavy atom. The van der Waals surface area contributed by atoms with Crippen molar-refractivity contribution in [3.05, 3.63) is 17.5 Å². The van der Waals surface area contributed by atoms with E-state index in [1.54, 1.807) is 25.7 Å². The van der Waals surface area contributed by atoms with Crippen molar-refractivity contribution in [1.82, 2.24) is 19.8 Å². The molecule has 3 amide bonds. The molecule has 170 valence electrons. The summed E-state index contributed by atoms with van der Waals surface area (Å²) in [6.45, 7) is 7.09. The van der Waals surface area contributed by atoms with Gasteiger partial charge in [0.05, 0.1) is 18.0 Å². The van der Waals surface area contributed by atoms with Crippen molar-refractivity contribution in [2.45, 2.75) is 51.7 Å². The van der Waals surface area contributed by atoms with Crippen molar-refractivity contribution in [2.24, 2.45) is 0 Å². The van der Waals surface area contributed by atoms with Crippen LogP contribution in [0.25, 0.3) is 0 Å². The lowest BCUT2D eigenvalue weighted by Gasteiger charge is -2.35. The summed E-state index contributed by atoms with van der Waals surface area (Å²) in [5.41, 5.74) is -0.571. The highest BCUT2D eigenvalue weighted by atomic mass is 16.6. The maximum Gasteiger partial charge on any atom is 0.410 e. The van der Waals surface area contributed by atoms with Gasteiger partial charge in [0.25, 0.3) is 11.8 Å². The summed E-state index contributed by atoms with van der Waals surface area (Å²) in [4.78, 5) is 74.6. The number of rotatable bonds is 2. The fourth-order valence-electron chi connectivity index (χ4n) is 4.01. The monoisotopic (exact) mass is 443 g/mol. The predicted molar refractivity (Wildman–Crippen MR) is 110 cm³/mol. The normalized spacial score (nSPS) is 21.8. The highest BCUT2D eigenvalue weighted by Gasteiger charge is 2.46. The quantitative estimate of drug-likeness (QED) is 0.481. The van der Waals surface area contributed by atoms with Crippen molar-refractivity contribution in [2.75, 3.05) is 31.1 Å².